The molecule has 1 amide bonds. The fourth-order valence-electron chi connectivity index (χ4n) is 2.35. The van der Waals surface area contributed by atoms with Crippen LogP contribution in [0.15, 0.2) is 24.3 Å². The van der Waals surface area contributed by atoms with E-state index in [1.165, 1.54) is 5.56 Å². The highest BCUT2D eigenvalue weighted by molar-refractivity contribution is 6.30. The number of amides is 1. The van der Waals surface area contributed by atoms with Gasteiger partial charge in [-0.05, 0) is 23.6 Å². The molecule has 0 spiro atoms. The Morgan fingerprint density at radius 2 is 2.42 bits per heavy atom. The summed E-state index contributed by atoms with van der Waals surface area (Å²) in [5, 5.41) is 0.751. The van der Waals surface area contributed by atoms with Crippen LogP contribution in [0.1, 0.15) is 18.4 Å². The maximum Gasteiger partial charge on any atom is 0.247 e. The van der Waals surface area contributed by atoms with Crippen molar-refractivity contribution in [2.75, 3.05) is 26.2 Å². The predicted molar refractivity (Wildman–Crippen MR) is 75.2 cm³/mol. The SMILES string of the molecule is C[C@@H](CN1CCO[C@@H](C(N)=O)C1)c1cccc(Cl)c1. The number of ether oxygens (including phenoxy) is 1. The van der Waals surface area contributed by atoms with Crippen LogP contribution in [0.5, 0.6) is 0 Å². The zero-order chi connectivity index (χ0) is 13.8. The number of nitrogens with two attached hydrogens (primary N) is 1. The molecular weight excluding hydrogens is 264 g/mol. The Morgan fingerprint density at radius 1 is 1.63 bits per heavy atom. The van der Waals surface area contributed by atoms with Crippen LogP contribution in [0.2, 0.25) is 5.02 Å². The molecule has 0 unspecified atom stereocenters. The van der Waals surface area contributed by atoms with Crippen LogP contribution in [-0.2, 0) is 9.53 Å². The van der Waals surface area contributed by atoms with Gasteiger partial charge in [0.25, 0.3) is 0 Å². The molecule has 2 rings (SSSR count). The second-order valence-electron chi connectivity index (χ2n) is 4.98. The molecule has 0 aromatic heterocycles. The normalized spacial score (nSPS) is 22.1. The van der Waals surface area contributed by atoms with E-state index in [1.54, 1.807) is 0 Å². The number of halogens is 1. The minimum absolute atomic E-state index is 0.352. The molecule has 1 aromatic rings. The summed E-state index contributed by atoms with van der Waals surface area (Å²) in [7, 11) is 0. The number of morpholine rings is 1. The van der Waals surface area contributed by atoms with Crippen LogP contribution in [-0.4, -0.2) is 43.2 Å². The molecule has 4 nitrogen and oxygen atoms in total. The van der Waals surface area contributed by atoms with Crippen molar-refractivity contribution in [3.8, 4) is 0 Å². The topological polar surface area (TPSA) is 55.6 Å². The standard InChI is InChI=1S/C14H19ClN2O2/c1-10(11-3-2-4-12(15)7-11)8-17-5-6-19-13(9-17)14(16)18/h2-4,7,10,13H,5-6,8-9H2,1H3,(H2,16,18)/t10-,13+/m0/s1. The van der Waals surface area contributed by atoms with Gasteiger partial charge in [0.05, 0.1) is 6.61 Å². The highest BCUT2D eigenvalue weighted by Crippen LogP contribution is 2.21. The lowest BCUT2D eigenvalue weighted by Crippen LogP contribution is -2.49. The molecule has 1 saturated heterocycles. The number of carbonyl (C=O) groups is 1. The summed E-state index contributed by atoms with van der Waals surface area (Å²) in [6.07, 6.45) is -0.486. The maximum atomic E-state index is 11.2. The molecule has 1 aliphatic heterocycles. The molecule has 2 N–H and O–H groups in total. The Hall–Kier alpha value is -1.10. The number of hydrogen-bond donors (Lipinski definition) is 1. The number of nitrogens with zero attached hydrogens (tertiary/aromatic N) is 1. The van der Waals surface area contributed by atoms with E-state index in [2.05, 4.69) is 17.9 Å². The number of benzene rings is 1. The Labute approximate surface area is 118 Å². The third kappa shape index (κ3) is 3.93. The van der Waals surface area contributed by atoms with Crippen LogP contribution in [0.4, 0.5) is 0 Å². The average Bonchev–Trinajstić information content (AvgIpc) is 2.39. The van der Waals surface area contributed by atoms with Crippen LogP contribution >= 0.6 is 11.6 Å². The summed E-state index contributed by atoms with van der Waals surface area (Å²) in [4.78, 5) is 13.4. The van der Waals surface area contributed by atoms with Gasteiger partial charge < -0.3 is 10.5 Å². The van der Waals surface area contributed by atoms with E-state index in [-0.39, 0.29) is 5.91 Å². The number of hydrogen-bond acceptors (Lipinski definition) is 3. The summed E-state index contributed by atoms with van der Waals surface area (Å²) in [6.45, 7) is 4.97. The van der Waals surface area contributed by atoms with Crippen LogP contribution in [0.3, 0.4) is 0 Å². The van der Waals surface area contributed by atoms with Crippen molar-refractivity contribution >= 4 is 17.5 Å². The molecular formula is C14H19ClN2O2. The summed E-state index contributed by atoms with van der Waals surface area (Å²) in [6, 6.07) is 7.89. The molecule has 0 saturated carbocycles. The summed E-state index contributed by atoms with van der Waals surface area (Å²) >= 11 is 6.00. The molecule has 1 fully saturated rings. The van der Waals surface area contributed by atoms with Crippen molar-refractivity contribution < 1.29 is 9.53 Å². The Morgan fingerprint density at radius 3 is 3.11 bits per heavy atom. The maximum absolute atomic E-state index is 11.2. The molecule has 1 aromatic carbocycles. The van der Waals surface area contributed by atoms with E-state index in [1.807, 2.05) is 18.2 Å². The van der Waals surface area contributed by atoms with Gasteiger partial charge in [-0.3, -0.25) is 9.69 Å². The Balaban J connectivity index is 1.95. The first-order chi connectivity index (χ1) is 9.06. The first-order valence-electron chi connectivity index (χ1n) is 6.45. The van der Waals surface area contributed by atoms with Gasteiger partial charge in [0.15, 0.2) is 0 Å². The van der Waals surface area contributed by atoms with Gasteiger partial charge >= 0.3 is 0 Å². The average molecular weight is 283 g/mol. The first-order valence-corrected chi connectivity index (χ1v) is 6.83. The van der Waals surface area contributed by atoms with E-state index >= 15 is 0 Å². The molecule has 0 radical (unpaired) electrons. The van der Waals surface area contributed by atoms with Gasteiger partial charge in [-0.1, -0.05) is 30.7 Å². The lowest BCUT2D eigenvalue weighted by Gasteiger charge is -2.33. The van der Waals surface area contributed by atoms with Gasteiger partial charge in [-0.25, -0.2) is 0 Å². The molecule has 2 atom stereocenters. The van der Waals surface area contributed by atoms with Crippen molar-refractivity contribution in [1.29, 1.82) is 0 Å². The highest BCUT2D eigenvalue weighted by Gasteiger charge is 2.25. The van der Waals surface area contributed by atoms with Crippen molar-refractivity contribution in [3.05, 3.63) is 34.9 Å². The van der Waals surface area contributed by atoms with Crippen molar-refractivity contribution in [3.63, 3.8) is 0 Å². The van der Waals surface area contributed by atoms with Gasteiger partial charge in [0.1, 0.15) is 6.10 Å². The van der Waals surface area contributed by atoms with Crippen molar-refractivity contribution in [2.24, 2.45) is 5.73 Å². The largest absolute Gasteiger partial charge is 0.367 e. The second-order valence-corrected chi connectivity index (χ2v) is 5.41. The lowest BCUT2D eigenvalue weighted by molar-refractivity contribution is -0.135. The molecule has 1 heterocycles. The fraction of sp³-hybridized carbons (Fsp3) is 0.500. The van der Waals surface area contributed by atoms with Gasteiger partial charge in [-0.15, -0.1) is 0 Å². The predicted octanol–water partition coefficient (Wildman–Crippen LogP) is 1.63. The van der Waals surface area contributed by atoms with Crippen LogP contribution in [0, 0.1) is 0 Å². The minimum atomic E-state index is -0.486. The monoisotopic (exact) mass is 282 g/mol. The van der Waals surface area contributed by atoms with E-state index in [0.717, 1.165) is 18.1 Å². The van der Waals surface area contributed by atoms with Crippen LogP contribution < -0.4 is 5.73 Å². The van der Waals surface area contributed by atoms with Gasteiger partial charge in [-0.2, -0.15) is 0 Å². The van der Waals surface area contributed by atoms with E-state index in [9.17, 15) is 4.79 Å². The van der Waals surface area contributed by atoms with Gasteiger partial charge in [0, 0.05) is 24.7 Å². The Bertz CT molecular complexity index is 453. The quantitative estimate of drug-likeness (QED) is 0.913. The first kappa shape index (κ1) is 14.3. The fourth-order valence-corrected chi connectivity index (χ4v) is 2.55. The highest BCUT2D eigenvalue weighted by atomic mass is 35.5. The zero-order valence-electron chi connectivity index (χ0n) is 11.0. The molecule has 5 heteroatoms. The van der Waals surface area contributed by atoms with Crippen molar-refractivity contribution in [2.45, 2.75) is 18.9 Å². The minimum Gasteiger partial charge on any atom is -0.367 e. The lowest BCUT2D eigenvalue weighted by atomic mass is 10.0. The molecule has 0 aliphatic carbocycles. The molecule has 19 heavy (non-hydrogen) atoms. The zero-order valence-corrected chi connectivity index (χ0v) is 11.8. The van der Waals surface area contributed by atoms with E-state index < -0.39 is 6.10 Å². The Kier molecular flexibility index (Phi) is 4.80. The number of carbonyl (C=O) groups excluding carboxylic acids is 1. The molecule has 104 valence electrons. The van der Waals surface area contributed by atoms with Crippen LogP contribution in [0.25, 0.3) is 0 Å². The van der Waals surface area contributed by atoms with Gasteiger partial charge in [0.2, 0.25) is 5.91 Å². The van der Waals surface area contributed by atoms with E-state index in [0.29, 0.717) is 19.1 Å². The number of rotatable bonds is 4. The van der Waals surface area contributed by atoms with E-state index in [4.69, 9.17) is 22.1 Å². The third-order valence-electron chi connectivity index (χ3n) is 3.42. The molecule has 1 aliphatic rings. The second kappa shape index (κ2) is 6.37. The smallest absolute Gasteiger partial charge is 0.247 e. The summed E-state index contributed by atoms with van der Waals surface area (Å²) < 4.78 is 5.34. The molecule has 0 bridgehead atoms. The third-order valence-corrected chi connectivity index (χ3v) is 3.65. The summed E-state index contributed by atoms with van der Waals surface area (Å²) in [5.41, 5.74) is 6.49. The van der Waals surface area contributed by atoms with Crippen molar-refractivity contribution in [1.82, 2.24) is 4.90 Å². The number of primary amides is 1. The summed E-state index contributed by atoms with van der Waals surface area (Å²) in [5.74, 6) is -0.0366.